The Morgan fingerprint density at radius 3 is 2.73 bits per heavy atom. The molecule has 1 aromatic rings. The minimum Gasteiger partial charge on any atom is -0.489 e. The second-order valence-corrected chi connectivity index (χ2v) is 2.89. The van der Waals surface area contributed by atoms with Crippen LogP contribution in [-0.2, 0) is 0 Å². The fraction of sp³-hybridized carbons (Fsp3) is 0.250. The number of carboxylic acid groups (broad SMARTS) is 1. The van der Waals surface area contributed by atoms with Crippen molar-refractivity contribution in [2.45, 2.75) is 14.4 Å². The van der Waals surface area contributed by atoms with Gasteiger partial charge in [0.25, 0.3) is 0 Å². The molecule has 1 N–H and O–H groups in total. The number of aromatic carboxylic acids is 1. The number of benzene rings is 1. The summed E-state index contributed by atoms with van der Waals surface area (Å²) in [5.74, 6) is -0.238. The number of aryl methyl sites for hydroxylation is 1. The molecule has 0 amide bonds. The van der Waals surface area contributed by atoms with Gasteiger partial charge in [0.15, 0.2) is 0 Å². The van der Waals surface area contributed by atoms with Gasteiger partial charge in [-0.15, -0.1) is 0 Å². The van der Waals surface area contributed by atoms with E-state index < -0.39 is 5.97 Å². The lowest BCUT2D eigenvalue weighted by molar-refractivity contribution is 0.0696. The van der Waals surface area contributed by atoms with E-state index >= 15 is 0 Å². The molecule has 0 aliphatic carbocycles. The zero-order valence-corrected chi connectivity index (χ0v) is 7.99. The van der Waals surface area contributed by atoms with Crippen molar-refractivity contribution >= 4 is 5.97 Å². The average molecular weight is 208 g/mol. The third-order valence-electron chi connectivity index (χ3n) is 1.78. The van der Waals surface area contributed by atoms with Gasteiger partial charge in [-0.25, -0.2) is 4.79 Å². The van der Waals surface area contributed by atoms with Gasteiger partial charge in [-0.2, -0.15) is 0 Å². The van der Waals surface area contributed by atoms with Crippen LogP contribution in [0.3, 0.4) is 0 Å². The molecule has 0 unspecified atom stereocenters. The standard InChI is InChI=1S/C11H12O3.CH4/c1-3-6-14-10-5-4-9(11(12)13)7-8(10)2;/h3-5,7H,1,6H2,2H3,(H,12,13);1H4. The highest BCUT2D eigenvalue weighted by molar-refractivity contribution is 5.88. The molecule has 0 heterocycles. The fourth-order valence-corrected chi connectivity index (χ4v) is 1.09. The van der Waals surface area contributed by atoms with Gasteiger partial charge in [0, 0.05) is 0 Å². The lowest BCUT2D eigenvalue weighted by Gasteiger charge is -2.07. The molecule has 82 valence electrons. The number of carboxylic acids is 1. The number of rotatable bonds is 4. The third-order valence-corrected chi connectivity index (χ3v) is 1.78. The molecule has 0 spiro atoms. The Morgan fingerprint density at radius 2 is 2.27 bits per heavy atom. The van der Waals surface area contributed by atoms with Gasteiger partial charge >= 0.3 is 5.97 Å². The normalized spacial score (nSPS) is 8.87. The molecular weight excluding hydrogens is 192 g/mol. The highest BCUT2D eigenvalue weighted by atomic mass is 16.5. The summed E-state index contributed by atoms with van der Waals surface area (Å²) in [6.45, 7) is 5.77. The summed E-state index contributed by atoms with van der Waals surface area (Å²) >= 11 is 0. The van der Waals surface area contributed by atoms with E-state index in [1.54, 1.807) is 18.2 Å². The van der Waals surface area contributed by atoms with E-state index in [1.165, 1.54) is 6.07 Å². The third kappa shape index (κ3) is 3.46. The molecule has 0 saturated heterocycles. The van der Waals surface area contributed by atoms with Crippen molar-refractivity contribution in [1.29, 1.82) is 0 Å². The van der Waals surface area contributed by atoms with Crippen molar-refractivity contribution in [3.05, 3.63) is 42.0 Å². The fourth-order valence-electron chi connectivity index (χ4n) is 1.09. The molecule has 3 nitrogen and oxygen atoms in total. The van der Waals surface area contributed by atoms with E-state index in [9.17, 15) is 4.79 Å². The molecule has 0 aromatic heterocycles. The molecule has 3 heteroatoms. The SMILES string of the molecule is C.C=CCOc1ccc(C(=O)O)cc1C. The van der Waals surface area contributed by atoms with E-state index in [4.69, 9.17) is 9.84 Å². The predicted molar refractivity (Wildman–Crippen MR) is 60.6 cm³/mol. The molecule has 0 fully saturated rings. The topological polar surface area (TPSA) is 46.5 Å². The van der Waals surface area contributed by atoms with Gasteiger partial charge in [0.2, 0.25) is 0 Å². The zero-order valence-electron chi connectivity index (χ0n) is 7.99. The Hall–Kier alpha value is -1.77. The number of carbonyl (C=O) groups is 1. The zero-order chi connectivity index (χ0) is 10.6. The van der Waals surface area contributed by atoms with Crippen LogP contribution >= 0.6 is 0 Å². The van der Waals surface area contributed by atoms with Crippen LogP contribution in [0.15, 0.2) is 30.9 Å². The van der Waals surface area contributed by atoms with Gasteiger partial charge in [0.1, 0.15) is 12.4 Å². The van der Waals surface area contributed by atoms with Crippen LogP contribution < -0.4 is 4.74 Å². The summed E-state index contributed by atoms with van der Waals surface area (Å²) in [4.78, 5) is 10.6. The van der Waals surface area contributed by atoms with E-state index in [0.29, 0.717) is 12.4 Å². The summed E-state index contributed by atoms with van der Waals surface area (Å²) in [5.41, 5.74) is 1.08. The molecule has 0 aliphatic rings. The highest BCUT2D eigenvalue weighted by Gasteiger charge is 2.05. The van der Waals surface area contributed by atoms with Crippen LogP contribution in [0.1, 0.15) is 23.3 Å². The lowest BCUT2D eigenvalue weighted by Crippen LogP contribution is -1.99. The van der Waals surface area contributed by atoms with Crippen molar-refractivity contribution in [3.63, 3.8) is 0 Å². The Labute approximate surface area is 90.0 Å². The second kappa shape index (κ2) is 5.86. The largest absolute Gasteiger partial charge is 0.489 e. The first-order valence-corrected chi connectivity index (χ1v) is 4.23. The molecule has 1 rings (SSSR count). The quantitative estimate of drug-likeness (QED) is 0.774. The number of hydrogen-bond acceptors (Lipinski definition) is 2. The van der Waals surface area contributed by atoms with Gasteiger partial charge in [-0.05, 0) is 30.7 Å². The van der Waals surface area contributed by atoms with Gasteiger partial charge in [-0.3, -0.25) is 0 Å². The lowest BCUT2D eigenvalue weighted by atomic mass is 10.1. The molecule has 0 aliphatic heterocycles. The van der Waals surface area contributed by atoms with Crippen LogP contribution in [-0.4, -0.2) is 17.7 Å². The summed E-state index contributed by atoms with van der Waals surface area (Å²) in [6, 6.07) is 4.76. The maximum atomic E-state index is 10.6. The maximum absolute atomic E-state index is 10.6. The molecular formula is C12H16O3. The minimum atomic E-state index is -0.927. The maximum Gasteiger partial charge on any atom is 0.335 e. The van der Waals surface area contributed by atoms with Crippen LogP contribution in [0.4, 0.5) is 0 Å². The van der Waals surface area contributed by atoms with Crippen LogP contribution in [0.5, 0.6) is 5.75 Å². The Morgan fingerprint density at radius 1 is 1.60 bits per heavy atom. The van der Waals surface area contributed by atoms with Crippen molar-refractivity contribution in [1.82, 2.24) is 0 Å². The smallest absolute Gasteiger partial charge is 0.335 e. The second-order valence-electron chi connectivity index (χ2n) is 2.89. The van der Waals surface area contributed by atoms with E-state index in [0.717, 1.165) is 5.56 Å². The van der Waals surface area contributed by atoms with Crippen molar-refractivity contribution in [2.24, 2.45) is 0 Å². The summed E-state index contributed by atoms with van der Waals surface area (Å²) < 4.78 is 5.31. The minimum absolute atomic E-state index is 0. The van der Waals surface area contributed by atoms with E-state index in [1.807, 2.05) is 6.92 Å². The van der Waals surface area contributed by atoms with Crippen LogP contribution in [0.25, 0.3) is 0 Å². The summed E-state index contributed by atoms with van der Waals surface area (Å²) in [6.07, 6.45) is 1.64. The Balaban J connectivity index is 0.00000196. The predicted octanol–water partition coefficient (Wildman–Crippen LogP) is 2.89. The van der Waals surface area contributed by atoms with Crippen LogP contribution in [0, 0.1) is 6.92 Å². The first kappa shape index (κ1) is 13.2. The summed E-state index contributed by atoms with van der Waals surface area (Å²) in [7, 11) is 0. The Kier molecular flexibility index (Phi) is 5.16. The van der Waals surface area contributed by atoms with Gasteiger partial charge < -0.3 is 9.84 Å². The van der Waals surface area contributed by atoms with Gasteiger partial charge in [-0.1, -0.05) is 20.1 Å². The molecule has 1 aromatic carbocycles. The van der Waals surface area contributed by atoms with Crippen molar-refractivity contribution in [3.8, 4) is 5.75 Å². The summed E-state index contributed by atoms with van der Waals surface area (Å²) in [5, 5.41) is 8.72. The first-order valence-electron chi connectivity index (χ1n) is 4.23. The first-order chi connectivity index (χ1) is 6.65. The molecule has 0 radical (unpaired) electrons. The van der Waals surface area contributed by atoms with Crippen molar-refractivity contribution < 1.29 is 14.6 Å². The van der Waals surface area contributed by atoms with E-state index in [2.05, 4.69) is 6.58 Å². The molecule has 0 saturated carbocycles. The van der Waals surface area contributed by atoms with Crippen molar-refractivity contribution in [2.75, 3.05) is 6.61 Å². The monoisotopic (exact) mass is 208 g/mol. The van der Waals surface area contributed by atoms with Gasteiger partial charge in [0.05, 0.1) is 5.56 Å². The molecule has 0 atom stereocenters. The van der Waals surface area contributed by atoms with E-state index in [-0.39, 0.29) is 13.0 Å². The van der Waals surface area contributed by atoms with Crippen LogP contribution in [0.2, 0.25) is 0 Å². The molecule has 0 bridgehead atoms. The Bertz CT molecular complexity index is 356. The number of hydrogen-bond donors (Lipinski definition) is 1. The number of ether oxygens (including phenoxy) is 1. The average Bonchev–Trinajstić information content (AvgIpc) is 2.15. The highest BCUT2D eigenvalue weighted by Crippen LogP contribution is 2.18. The molecule has 15 heavy (non-hydrogen) atoms.